The number of amides is 1. The first-order chi connectivity index (χ1) is 9.09. The van der Waals surface area contributed by atoms with E-state index in [1.165, 1.54) is 0 Å². The highest BCUT2D eigenvalue weighted by molar-refractivity contribution is 7.98. The summed E-state index contributed by atoms with van der Waals surface area (Å²) in [5, 5.41) is 13.9. The molecule has 1 aliphatic rings. The lowest BCUT2D eigenvalue weighted by molar-refractivity contribution is -0.312. The summed E-state index contributed by atoms with van der Waals surface area (Å²) in [5.74, 6) is 0.0621. The van der Waals surface area contributed by atoms with Gasteiger partial charge >= 0.3 is 0 Å². The van der Waals surface area contributed by atoms with Gasteiger partial charge in [-0.1, -0.05) is 24.0 Å². The van der Waals surface area contributed by atoms with Crippen LogP contribution in [0.3, 0.4) is 0 Å². The number of likely N-dealkylation sites (tertiary alicyclic amines) is 1. The van der Waals surface area contributed by atoms with Gasteiger partial charge in [0.15, 0.2) is 0 Å². The van der Waals surface area contributed by atoms with E-state index >= 15 is 0 Å². The second-order valence-electron chi connectivity index (χ2n) is 4.92. The van der Waals surface area contributed by atoms with Gasteiger partial charge in [0.2, 0.25) is 0 Å². The van der Waals surface area contributed by atoms with Crippen molar-refractivity contribution in [2.45, 2.75) is 18.9 Å². The molecule has 0 N–H and O–H groups in total. The molecule has 0 unspecified atom stereocenters. The zero-order chi connectivity index (χ0) is 13.8. The Kier molecular flexibility index (Phi) is 4.53. The Morgan fingerprint density at radius 1 is 1.37 bits per heavy atom. The molecule has 0 saturated carbocycles. The molecule has 1 saturated heterocycles. The number of carbonyl (C=O) groups excluding carboxylic acids is 1. The summed E-state index contributed by atoms with van der Waals surface area (Å²) in [5.41, 5.74) is 0.661. The summed E-state index contributed by atoms with van der Waals surface area (Å²) in [6, 6.07) is 8.93. The van der Waals surface area contributed by atoms with Crippen LogP contribution in [0.15, 0.2) is 41.5 Å². The minimum atomic E-state index is -0.261. The Morgan fingerprint density at radius 3 is 2.68 bits per heavy atom. The minimum absolute atomic E-state index is 0.0268. The van der Waals surface area contributed by atoms with Crippen LogP contribution in [0.25, 0.3) is 0 Å². The van der Waals surface area contributed by atoms with E-state index in [9.17, 15) is 9.90 Å². The van der Waals surface area contributed by atoms with Crippen molar-refractivity contribution in [2.75, 3.05) is 19.1 Å². The molecule has 3 nitrogen and oxygen atoms in total. The molecule has 1 aliphatic heterocycles. The lowest BCUT2D eigenvalue weighted by Crippen LogP contribution is -2.39. The second kappa shape index (κ2) is 6.15. The first-order valence-electron chi connectivity index (χ1n) is 6.40. The molecule has 1 aromatic carbocycles. The monoisotopic (exact) mass is 277 g/mol. The highest BCUT2D eigenvalue weighted by Crippen LogP contribution is 2.23. The van der Waals surface area contributed by atoms with Crippen molar-refractivity contribution in [3.63, 3.8) is 0 Å². The van der Waals surface area contributed by atoms with Crippen LogP contribution >= 0.6 is 0 Å². The van der Waals surface area contributed by atoms with Gasteiger partial charge in [0.25, 0.3) is 5.91 Å². The summed E-state index contributed by atoms with van der Waals surface area (Å²) < 4.78 is 0. The van der Waals surface area contributed by atoms with E-state index in [0.717, 1.165) is 12.8 Å². The predicted molar refractivity (Wildman–Crippen MR) is 77.8 cm³/mol. The fourth-order valence-corrected chi connectivity index (χ4v) is 2.98. The van der Waals surface area contributed by atoms with Crippen LogP contribution < -0.4 is 5.11 Å². The van der Waals surface area contributed by atoms with Crippen LogP contribution in [0.2, 0.25) is 0 Å². The molecule has 0 bridgehead atoms. The maximum Gasteiger partial charge on any atom is 0.254 e. The molecule has 0 aliphatic carbocycles. The zero-order valence-electron chi connectivity index (χ0n) is 11.3. The van der Waals surface area contributed by atoms with Crippen molar-refractivity contribution in [2.24, 2.45) is 0 Å². The first-order valence-corrected chi connectivity index (χ1v) is 8.51. The van der Waals surface area contributed by atoms with E-state index in [0.29, 0.717) is 12.1 Å². The molecule has 19 heavy (non-hydrogen) atoms. The zero-order valence-corrected chi connectivity index (χ0v) is 12.2. The van der Waals surface area contributed by atoms with Crippen molar-refractivity contribution >= 4 is 16.8 Å². The third-order valence-electron chi connectivity index (χ3n) is 3.21. The fourth-order valence-electron chi connectivity index (χ4n) is 2.36. The maximum absolute atomic E-state index is 12.4. The smallest absolute Gasteiger partial charge is 0.254 e. The van der Waals surface area contributed by atoms with Crippen molar-refractivity contribution < 1.29 is 9.90 Å². The molecule has 4 heteroatoms. The van der Waals surface area contributed by atoms with Crippen LogP contribution in [0, 0.1) is 0 Å². The molecule has 2 rings (SSSR count). The van der Waals surface area contributed by atoms with E-state index in [4.69, 9.17) is 0 Å². The Balaban J connectivity index is 2.17. The number of nitrogens with zero attached hydrogens (tertiary/aromatic N) is 1. The van der Waals surface area contributed by atoms with Gasteiger partial charge in [0.1, 0.15) is 17.9 Å². The molecule has 1 atom stereocenters. The summed E-state index contributed by atoms with van der Waals surface area (Å²) in [7, 11) is -0.0268. The highest BCUT2D eigenvalue weighted by Gasteiger charge is 2.29. The number of hydrogen-bond donors (Lipinski definition) is 0. The fraction of sp³-hybridized carbons (Fsp3) is 0.400. The third-order valence-corrected chi connectivity index (χ3v) is 3.92. The van der Waals surface area contributed by atoms with E-state index in [1.807, 2.05) is 30.7 Å². The number of carbonyl (C=O) groups is 1. The molecule has 0 spiro atoms. The largest absolute Gasteiger partial charge is 0.871 e. The summed E-state index contributed by atoms with van der Waals surface area (Å²) in [6.07, 6.45) is 5.71. The molecule has 0 radical (unpaired) electrons. The van der Waals surface area contributed by atoms with Crippen molar-refractivity contribution in [1.29, 1.82) is 0 Å². The highest BCUT2D eigenvalue weighted by atomic mass is 32.2. The molecular weight excluding hydrogens is 258 g/mol. The van der Waals surface area contributed by atoms with E-state index < -0.39 is 0 Å². The van der Waals surface area contributed by atoms with Gasteiger partial charge in [-0.3, -0.25) is 4.79 Å². The molecule has 1 fully saturated rings. The molecule has 1 aromatic rings. The SMILES string of the molecule is C[S+](C)/C=C(\[O-])[C@@H]1CCCN1C(=O)c1ccccc1. The van der Waals surface area contributed by atoms with Crippen molar-refractivity contribution in [1.82, 2.24) is 4.90 Å². The van der Waals surface area contributed by atoms with E-state index in [2.05, 4.69) is 0 Å². The summed E-state index contributed by atoms with van der Waals surface area (Å²) in [6.45, 7) is 0.680. The number of rotatable bonds is 3. The lowest BCUT2D eigenvalue weighted by Gasteiger charge is -2.29. The van der Waals surface area contributed by atoms with E-state index in [-0.39, 0.29) is 28.6 Å². The van der Waals surface area contributed by atoms with Crippen LogP contribution in [0.1, 0.15) is 23.2 Å². The van der Waals surface area contributed by atoms with Gasteiger partial charge in [0.05, 0.1) is 0 Å². The molecular formula is C15H19NO2S. The minimum Gasteiger partial charge on any atom is -0.871 e. The van der Waals surface area contributed by atoms with Crippen LogP contribution in [0.4, 0.5) is 0 Å². The quantitative estimate of drug-likeness (QED) is 0.618. The standard InChI is InChI=1S/C15H19NO2S/c1-19(2)11-14(17)13-9-6-10-16(13)15(18)12-7-4-3-5-8-12/h3-5,7-8,11,13H,6,9-10H2,1-2H3/b14-11-/t13-/m0/s1. The van der Waals surface area contributed by atoms with Gasteiger partial charge in [0, 0.05) is 29.0 Å². The topological polar surface area (TPSA) is 43.4 Å². The average Bonchev–Trinajstić information content (AvgIpc) is 2.87. The van der Waals surface area contributed by atoms with E-state index in [1.54, 1.807) is 22.4 Å². The maximum atomic E-state index is 12.4. The van der Waals surface area contributed by atoms with Crippen molar-refractivity contribution in [3.05, 3.63) is 47.1 Å². The van der Waals surface area contributed by atoms with Gasteiger partial charge in [-0.25, -0.2) is 0 Å². The Bertz CT molecular complexity index is 470. The van der Waals surface area contributed by atoms with Gasteiger partial charge < -0.3 is 10.0 Å². The molecule has 1 heterocycles. The lowest BCUT2D eigenvalue weighted by atomic mass is 10.1. The van der Waals surface area contributed by atoms with Crippen LogP contribution in [-0.4, -0.2) is 35.9 Å². The first kappa shape index (κ1) is 14.0. The number of hydrogen-bond acceptors (Lipinski definition) is 2. The Hall–Kier alpha value is -1.42. The van der Waals surface area contributed by atoms with Crippen molar-refractivity contribution in [3.8, 4) is 0 Å². The summed E-state index contributed by atoms with van der Waals surface area (Å²) in [4.78, 5) is 14.1. The van der Waals surface area contributed by atoms with Gasteiger partial charge in [-0.15, -0.1) is 0 Å². The molecule has 1 amide bonds. The Morgan fingerprint density at radius 2 is 2.05 bits per heavy atom. The second-order valence-corrected chi connectivity index (χ2v) is 6.92. The summed E-state index contributed by atoms with van der Waals surface area (Å²) >= 11 is 0. The normalized spacial score (nSPS) is 20.1. The third kappa shape index (κ3) is 3.32. The number of benzene rings is 1. The molecule has 0 aromatic heterocycles. The predicted octanol–water partition coefficient (Wildman–Crippen LogP) is 1.37. The van der Waals surface area contributed by atoms with Gasteiger partial charge in [-0.2, -0.15) is 0 Å². The van der Waals surface area contributed by atoms with Gasteiger partial charge in [-0.05, 0) is 25.0 Å². The average molecular weight is 277 g/mol. The van der Waals surface area contributed by atoms with Crippen LogP contribution in [0.5, 0.6) is 0 Å². The molecule has 102 valence electrons. The Labute approximate surface area is 117 Å². The van der Waals surface area contributed by atoms with Crippen LogP contribution in [-0.2, 0) is 10.9 Å².